The summed E-state index contributed by atoms with van der Waals surface area (Å²) >= 11 is 5.91. The standard InChI is InChI=1S/C23H20ClN3O3/c24-16-9-7-14(8-10-16)23(29)27-20-5-1-4-19-18(20)3-2-6-21(19)30-17-11-15(22(25)28)12-26-13-17/h1,4-5,7-13,21H,2-3,6H2,(H2,25,28)(H,27,29). The first-order chi connectivity index (χ1) is 14.5. The third-order valence-electron chi connectivity index (χ3n) is 5.08. The number of carbonyl (C=O) groups is 2. The average Bonchev–Trinajstić information content (AvgIpc) is 2.75. The van der Waals surface area contributed by atoms with Gasteiger partial charge in [0.05, 0.1) is 11.8 Å². The Kier molecular flexibility index (Phi) is 5.68. The summed E-state index contributed by atoms with van der Waals surface area (Å²) in [7, 11) is 0. The molecule has 3 aromatic rings. The largest absolute Gasteiger partial charge is 0.484 e. The zero-order chi connectivity index (χ0) is 21.1. The minimum absolute atomic E-state index is 0.193. The molecular weight excluding hydrogens is 402 g/mol. The van der Waals surface area contributed by atoms with E-state index >= 15 is 0 Å². The third kappa shape index (κ3) is 4.28. The summed E-state index contributed by atoms with van der Waals surface area (Å²) in [5.41, 5.74) is 9.00. The van der Waals surface area contributed by atoms with E-state index < -0.39 is 5.91 Å². The first-order valence-corrected chi connectivity index (χ1v) is 9.99. The molecule has 0 spiro atoms. The highest BCUT2D eigenvalue weighted by molar-refractivity contribution is 6.30. The Morgan fingerprint density at radius 3 is 2.67 bits per heavy atom. The number of hydrogen-bond acceptors (Lipinski definition) is 4. The van der Waals surface area contributed by atoms with Crippen molar-refractivity contribution in [2.24, 2.45) is 5.73 Å². The maximum atomic E-state index is 12.6. The Morgan fingerprint density at radius 2 is 1.90 bits per heavy atom. The fourth-order valence-corrected chi connectivity index (χ4v) is 3.75. The van der Waals surface area contributed by atoms with Crippen LogP contribution in [0.2, 0.25) is 5.02 Å². The van der Waals surface area contributed by atoms with Crippen molar-refractivity contribution in [3.63, 3.8) is 0 Å². The molecule has 1 aliphatic carbocycles. The molecule has 0 saturated carbocycles. The quantitative estimate of drug-likeness (QED) is 0.632. The number of amides is 2. The number of fused-ring (bicyclic) bond motifs is 1. The highest BCUT2D eigenvalue weighted by atomic mass is 35.5. The van der Waals surface area contributed by atoms with Gasteiger partial charge in [0.25, 0.3) is 5.91 Å². The Morgan fingerprint density at radius 1 is 1.10 bits per heavy atom. The highest BCUT2D eigenvalue weighted by Crippen LogP contribution is 2.37. The van der Waals surface area contributed by atoms with Crippen LogP contribution in [0, 0.1) is 0 Å². The number of nitrogens with zero attached hydrogens (tertiary/aromatic N) is 1. The Bertz CT molecular complexity index is 1100. The average molecular weight is 422 g/mol. The molecule has 7 heteroatoms. The molecule has 1 heterocycles. The summed E-state index contributed by atoms with van der Waals surface area (Å²) in [6.45, 7) is 0. The number of nitrogens with one attached hydrogen (secondary N) is 1. The molecule has 6 nitrogen and oxygen atoms in total. The second kappa shape index (κ2) is 8.55. The van der Waals surface area contributed by atoms with Crippen LogP contribution in [-0.4, -0.2) is 16.8 Å². The van der Waals surface area contributed by atoms with Gasteiger partial charge >= 0.3 is 0 Å². The molecular formula is C23H20ClN3O3. The number of carbonyl (C=O) groups excluding carboxylic acids is 2. The predicted octanol–water partition coefficient (Wildman–Crippen LogP) is 4.54. The first-order valence-electron chi connectivity index (χ1n) is 9.61. The Hall–Kier alpha value is -3.38. The van der Waals surface area contributed by atoms with Gasteiger partial charge in [-0.15, -0.1) is 0 Å². The number of anilines is 1. The number of hydrogen-bond donors (Lipinski definition) is 2. The number of primary amides is 1. The van der Waals surface area contributed by atoms with Crippen molar-refractivity contribution in [3.05, 3.63) is 88.2 Å². The molecule has 0 aliphatic heterocycles. The van der Waals surface area contributed by atoms with E-state index in [1.54, 1.807) is 36.5 Å². The number of halogens is 1. The van der Waals surface area contributed by atoms with Crippen molar-refractivity contribution in [1.82, 2.24) is 4.98 Å². The van der Waals surface area contributed by atoms with Crippen LogP contribution in [-0.2, 0) is 6.42 Å². The SMILES string of the molecule is NC(=O)c1cncc(OC2CCCc3c(NC(=O)c4ccc(Cl)cc4)cccc32)c1. The van der Waals surface area contributed by atoms with E-state index in [1.807, 2.05) is 18.2 Å². The van der Waals surface area contributed by atoms with Crippen LogP contribution < -0.4 is 15.8 Å². The molecule has 0 bridgehead atoms. The van der Waals surface area contributed by atoms with Crippen molar-refractivity contribution < 1.29 is 14.3 Å². The van der Waals surface area contributed by atoms with Gasteiger partial charge in [-0.05, 0) is 66.8 Å². The van der Waals surface area contributed by atoms with Crippen LogP contribution in [0.1, 0.15) is 50.8 Å². The first kappa shape index (κ1) is 19.9. The molecule has 4 rings (SSSR count). The molecule has 2 aromatic carbocycles. The summed E-state index contributed by atoms with van der Waals surface area (Å²) in [5.74, 6) is -0.259. The van der Waals surface area contributed by atoms with Gasteiger partial charge in [-0.3, -0.25) is 14.6 Å². The molecule has 1 unspecified atom stereocenters. The monoisotopic (exact) mass is 421 g/mol. The topological polar surface area (TPSA) is 94.3 Å². The smallest absolute Gasteiger partial charge is 0.255 e. The number of rotatable bonds is 5. The highest BCUT2D eigenvalue weighted by Gasteiger charge is 2.25. The number of benzene rings is 2. The summed E-state index contributed by atoms with van der Waals surface area (Å²) in [5, 5.41) is 3.59. The number of nitrogens with two attached hydrogens (primary N) is 1. The van der Waals surface area contributed by atoms with Crippen LogP contribution in [0.3, 0.4) is 0 Å². The van der Waals surface area contributed by atoms with E-state index in [4.69, 9.17) is 22.1 Å². The van der Waals surface area contributed by atoms with E-state index in [1.165, 1.54) is 6.20 Å². The molecule has 0 radical (unpaired) electrons. The lowest BCUT2D eigenvalue weighted by atomic mass is 9.88. The lowest BCUT2D eigenvalue weighted by Gasteiger charge is -2.28. The third-order valence-corrected chi connectivity index (χ3v) is 5.33. The minimum atomic E-state index is -0.552. The summed E-state index contributed by atoms with van der Waals surface area (Å²) < 4.78 is 6.13. The van der Waals surface area contributed by atoms with Crippen LogP contribution in [0.4, 0.5) is 5.69 Å². The number of aromatic nitrogens is 1. The Balaban J connectivity index is 1.57. The fourth-order valence-electron chi connectivity index (χ4n) is 3.62. The van der Waals surface area contributed by atoms with Crippen molar-refractivity contribution in [1.29, 1.82) is 0 Å². The minimum Gasteiger partial charge on any atom is -0.484 e. The van der Waals surface area contributed by atoms with Crippen molar-refractivity contribution in [3.8, 4) is 5.75 Å². The fraction of sp³-hybridized carbons (Fsp3) is 0.174. The number of ether oxygens (including phenoxy) is 1. The molecule has 30 heavy (non-hydrogen) atoms. The molecule has 152 valence electrons. The lowest BCUT2D eigenvalue weighted by Crippen LogP contribution is -2.19. The van der Waals surface area contributed by atoms with Gasteiger partial charge in [0, 0.05) is 22.5 Å². The molecule has 1 aromatic heterocycles. The molecule has 0 saturated heterocycles. The normalized spacial score (nSPS) is 15.2. The molecule has 1 aliphatic rings. The van der Waals surface area contributed by atoms with Crippen molar-refractivity contribution >= 4 is 29.1 Å². The molecule has 1 atom stereocenters. The van der Waals surface area contributed by atoms with Crippen molar-refractivity contribution in [2.45, 2.75) is 25.4 Å². The summed E-state index contributed by atoms with van der Waals surface area (Å²) in [4.78, 5) is 28.1. The second-order valence-corrected chi connectivity index (χ2v) is 7.54. The van der Waals surface area contributed by atoms with E-state index in [9.17, 15) is 9.59 Å². The summed E-state index contributed by atoms with van der Waals surface area (Å²) in [6.07, 6.45) is 5.34. The van der Waals surface area contributed by atoms with E-state index in [-0.39, 0.29) is 12.0 Å². The molecule has 0 fully saturated rings. The van der Waals surface area contributed by atoms with E-state index in [0.29, 0.717) is 21.9 Å². The molecule has 3 N–H and O–H groups in total. The van der Waals surface area contributed by atoms with Crippen LogP contribution in [0.15, 0.2) is 60.9 Å². The molecule has 2 amide bonds. The zero-order valence-electron chi connectivity index (χ0n) is 16.1. The predicted molar refractivity (Wildman–Crippen MR) is 115 cm³/mol. The number of pyridine rings is 1. The maximum Gasteiger partial charge on any atom is 0.255 e. The van der Waals surface area contributed by atoms with Crippen molar-refractivity contribution in [2.75, 3.05) is 5.32 Å². The maximum absolute atomic E-state index is 12.6. The van der Waals surface area contributed by atoms with E-state index in [0.717, 1.165) is 36.1 Å². The van der Waals surface area contributed by atoms with Gasteiger partial charge in [-0.25, -0.2) is 0 Å². The van der Waals surface area contributed by atoms with Gasteiger partial charge in [-0.2, -0.15) is 0 Å². The van der Waals surface area contributed by atoms with Gasteiger partial charge in [0.1, 0.15) is 11.9 Å². The van der Waals surface area contributed by atoms with Gasteiger partial charge in [-0.1, -0.05) is 23.7 Å². The second-order valence-electron chi connectivity index (χ2n) is 7.11. The van der Waals surface area contributed by atoms with Gasteiger partial charge < -0.3 is 15.8 Å². The van der Waals surface area contributed by atoms with Crippen LogP contribution in [0.5, 0.6) is 5.75 Å². The lowest BCUT2D eigenvalue weighted by molar-refractivity contribution is 0.0996. The van der Waals surface area contributed by atoms with Gasteiger partial charge in [0.2, 0.25) is 5.91 Å². The summed E-state index contributed by atoms with van der Waals surface area (Å²) in [6, 6.07) is 14.2. The van der Waals surface area contributed by atoms with Gasteiger partial charge in [0.15, 0.2) is 0 Å². The Labute approximate surface area is 179 Å². The van der Waals surface area contributed by atoms with Crippen LogP contribution in [0.25, 0.3) is 0 Å². The van der Waals surface area contributed by atoms with E-state index in [2.05, 4.69) is 10.3 Å². The zero-order valence-corrected chi connectivity index (χ0v) is 16.9. The van der Waals surface area contributed by atoms with Crippen LogP contribution >= 0.6 is 11.6 Å².